The van der Waals surface area contributed by atoms with Crippen LogP contribution in [0.4, 0.5) is 0 Å². The molecule has 1 fully saturated rings. The number of methoxy groups -OCH3 is 1. The van der Waals surface area contributed by atoms with Crippen molar-refractivity contribution in [2.75, 3.05) is 19.4 Å². The molecule has 1 aliphatic rings. The lowest BCUT2D eigenvalue weighted by molar-refractivity contribution is -0.129. The van der Waals surface area contributed by atoms with Crippen LogP contribution in [0.25, 0.3) is 11.0 Å². The fourth-order valence-corrected chi connectivity index (χ4v) is 4.81. The van der Waals surface area contributed by atoms with Crippen LogP contribution in [0.2, 0.25) is 0 Å². The lowest BCUT2D eigenvalue weighted by Crippen LogP contribution is -2.32. The van der Waals surface area contributed by atoms with Crippen molar-refractivity contribution in [2.24, 2.45) is 0 Å². The number of ether oxygens (including phenoxy) is 1. The average Bonchev–Trinajstić information content (AvgIpc) is 3.40. The van der Waals surface area contributed by atoms with Gasteiger partial charge in [0, 0.05) is 23.4 Å². The number of carbonyl (C=O) groups is 2. The zero-order valence-corrected chi connectivity index (χ0v) is 18.0. The van der Waals surface area contributed by atoms with Gasteiger partial charge in [-0.1, -0.05) is 12.1 Å². The number of fused-ring (bicyclic) bond motifs is 1. The Bertz CT molecular complexity index is 1050. The number of hydrogen-bond donors (Lipinski definition) is 1. The maximum Gasteiger partial charge on any atom is 0.233 e. The number of hydrogen-bond acceptors (Lipinski definition) is 5. The van der Waals surface area contributed by atoms with E-state index < -0.39 is 0 Å². The molecule has 1 aliphatic heterocycles. The topological polar surface area (TPSA) is 75.3 Å². The number of ketones is 1. The predicted molar refractivity (Wildman–Crippen MR) is 119 cm³/mol. The van der Waals surface area contributed by atoms with E-state index in [0.717, 1.165) is 47.6 Å². The molecule has 0 aliphatic carbocycles. The van der Waals surface area contributed by atoms with Crippen LogP contribution in [0, 0.1) is 0 Å². The Morgan fingerprint density at radius 1 is 1.27 bits per heavy atom. The van der Waals surface area contributed by atoms with Gasteiger partial charge in [0.05, 0.1) is 29.9 Å². The largest absolute Gasteiger partial charge is 0.496 e. The number of amides is 1. The molecule has 2 heterocycles. The zero-order chi connectivity index (χ0) is 21.1. The number of carbonyl (C=O) groups excluding carboxylic acids is 2. The van der Waals surface area contributed by atoms with Gasteiger partial charge in [-0.05, 0) is 50.1 Å². The molecule has 4 rings (SSSR count). The maximum absolute atomic E-state index is 12.9. The van der Waals surface area contributed by atoms with Gasteiger partial charge in [0.25, 0.3) is 0 Å². The Morgan fingerprint density at radius 3 is 2.87 bits per heavy atom. The van der Waals surface area contributed by atoms with E-state index in [0.29, 0.717) is 17.1 Å². The highest BCUT2D eigenvalue weighted by atomic mass is 32.2. The second kappa shape index (κ2) is 8.92. The molecule has 30 heavy (non-hydrogen) atoms. The summed E-state index contributed by atoms with van der Waals surface area (Å²) in [5, 5.41) is 0. The lowest BCUT2D eigenvalue weighted by Gasteiger charge is -2.23. The van der Waals surface area contributed by atoms with Gasteiger partial charge in [-0.25, -0.2) is 4.98 Å². The molecule has 1 atom stereocenters. The van der Waals surface area contributed by atoms with E-state index in [1.807, 2.05) is 41.3 Å². The Morgan fingerprint density at radius 2 is 2.10 bits per heavy atom. The van der Waals surface area contributed by atoms with E-state index in [9.17, 15) is 9.59 Å². The minimum atomic E-state index is 0.000997. The van der Waals surface area contributed by atoms with Crippen molar-refractivity contribution in [2.45, 2.75) is 31.6 Å². The highest BCUT2D eigenvalue weighted by Gasteiger charge is 2.31. The molecular formula is C23H25N3O3S. The Hall–Kier alpha value is -2.80. The molecule has 1 aromatic heterocycles. The molecule has 0 spiro atoms. The summed E-state index contributed by atoms with van der Waals surface area (Å²) in [5.41, 5.74) is 3.51. The van der Waals surface area contributed by atoms with Crippen molar-refractivity contribution in [1.82, 2.24) is 14.9 Å². The highest BCUT2D eigenvalue weighted by Crippen LogP contribution is 2.32. The summed E-state index contributed by atoms with van der Waals surface area (Å²) in [6, 6.07) is 13.4. The monoisotopic (exact) mass is 423 g/mol. The average molecular weight is 424 g/mol. The second-order valence-corrected chi connectivity index (χ2v) is 8.45. The Labute approximate surface area is 180 Å². The number of aromatic nitrogens is 2. The molecule has 1 N–H and O–H groups in total. The summed E-state index contributed by atoms with van der Waals surface area (Å²) < 4.78 is 5.41. The van der Waals surface area contributed by atoms with E-state index in [1.54, 1.807) is 31.9 Å². The molecule has 156 valence electrons. The van der Waals surface area contributed by atoms with Gasteiger partial charge in [-0.2, -0.15) is 0 Å². The van der Waals surface area contributed by atoms with Crippen molar-refractivity contribution in [3.8, 4) is 5.75 Å². The number of benzene rings is 2. The summed E-state index contributed by atoms with van der Waals surface area (Å²) in [6.45, 7) is 2.30. The van der Waals surface area contributed by atoms with Crippen LogP contribution in [0.3, 0.4) is 0 Å². The number of likely N-dealkylation sites (tertiary alicyclic amines) is 1. The van der Waals surface area contributed by atoms with E-state index >= 15 is 0 Å². The SMILES string of the molecule is COc1ccc(C(C)=O)cc1CSCC(=O)N1CCC[C@H]1c1nc2ccccc2[nH]1. The summed E-state index contributed by atoms with van der Waals surface area (Å²) in [6.07, 6.45) is 1.90. The van der Waals surface area contributed by atoms with Gasteiger partial charge in [-0.3, -0.25) is 9.59 Å². The molecule has 1 amide bonds. The smallest absolute Gasteiger partial charge is 0.233 e. The van der Waals surface area contributed by atoms with Crippen LogP contribution in [0.5, 0.6) is 5.75 Å². The summed E-state index contributed by atoms with van der Waals surface area (Å²) in [4.78, 5) is 34.6. The summed E-state index contributed by atoms with van der Waals surface area (Å²) in [7, 11) is 1.62. The lowest BCUT2D eigenvalue weighted by atomic mass is 10.1. The first-order valence-electron chi connectivity index (χ1n) is 10.1. The van der Waals surface area contributed by atoms with Crippen molar-refractivity contribution >= 4 is 34.5 Å². The molecule has 1 saturated heterocycles. The first kappa shape index (κ1) is 20.5. The van der Waals surface area contributed by atoms with Crippen LogP contribution in [-0.2, 0) is 10.5 Å². The molecule has 2 aromatic carbocycles. The van der Waals surface area contributed by atoms with E-state index in [4.69, 9.17) is 9.72 Å². The zero-order valence-electron chi connectivity index (χ0n) is 17.2. The number of para-hydroxylation sites is 2. The van der Waals surface area contributed by atoms with Crippen molar-refractivity contribution in [3.63, 3.8) is 0 Å². The fraction of sp³-hybridized carbons (Fsp3) is 0.348. The Kier molecular flexibility index (Phi) is 6.08. The van der Waals surface area contributed by atoms with Crippen molar-refractivity contribution < 1.29 is 14.3 Å². The number of rotatable bonds is 7. The van der Waals surface area contributed by atoms with Crippen LogP contribution in [0.15, 0.2) is 42.5 Å². The number of imidazole rings is 1. The summed E-state index contributed by atoms with van der Waals surface area (Å²) in [5.74, 6) is 2.73. The molecule has 6 nitrogen and oxygen atoms in total. The van der Waals surface area contributed by atoms with Gasteiger partial charge in [-0.15, -0.1) is 11.8 Å². The van der Waals surface area contributed by atoms with E-state index in [2.05, 4.69) is 4.98 Å². The van der Waals surface area contributed by atoms with Crippen LogP contribution >= 0.6 is 11.8 Å². The first-order chi connectivity index (χ1) is 14.6. The number of H-pyrrole nitrogens is 1. The molecule has 0 saturated carbocycles. The van der Waals surface area contributed by atoms with Gasteiger partial charge < -0.3 is 14.6 Å². The van der Waals surface area contributed by atoms with E-state index in [-0.39, 0.29) is 17.7 Å². The Balaban J connectivity index is 1.41. The van der Waals surface area contributed by atoms with Gasteiger partial charge in [0.2, 0.25) is 5.91 Å². The van der Waals surface area contributed by atoms with Crippen molar-refractivity contribution in [1.29, 1.82) is 0 Å². The minimum Gasteiger partial charge on any atom is -0.496 e. The second-order valence-electron chi connectivity index (χ2n) is 7.46. The third-order valence-electron chi connectivity index (χ3n) is 5.47. The van der Waals surface area contributed by atoms with Gasteiger partial charge >= 0.3 is 0 Å². The third-order valence-corrected chi connectivity index (χ3v) is 6.43. The normalized spacial score (nSPS) is 16.2. The fourth-order valence-electron chi connectivity index (χ4n) is 3.92. The van der Waals surface area contributed by atoms with E-state index in [1.165, 1.54) is 0 Å². The minimum absolute atomic E-state index is 0.000997. The van der Waals surface area contributed by atoms with Crippen LogP contribution < -0.4 is 4.74 Å². The number of nitrogens with zero attached hydrogens (tertiary/aromatic N) is 2. The predicted octanol–water partition coefficient (Wildman–Crippen LogP) is 4.37. The quantitative estimate of drug-likeness (QED) is 0.571. The molecular weight excluding hydrogens is 398 g/mol. The first-order valence-corrected chi connectivity index (χ1v) is 11.2. The molecule has 0 unspecified atom stereocenters. The molecule has 0 radical (unpaired) electrons. The van der Waals surface area contributed by atoms with Crippen LogP contribution in [-0.4, -0.2) is 46.0 Å². The third kappa shape index (κ3) is 4.21. The van der Waals surface area contributed by atoms with Gasteiger partial charge in [0.15, 0.2) is 5.78 Å². The highest BCUT2D eigenvalue weighted by molar-refractivity contribution is 7.99. The van der Waals surface area contributed by atoms with Crippen molar-refractivity contribution in [3.05, 3.63) is 59.4 Å². The van der Waals surface area contributed by atoms with Crippen LogP contribution in [0.1, 0.15) is 47.6 Å². The number of thioether (sulfide) groups is 1. The number of nitrogens with one attached hydrogen (secondary N) is 1. The molecule has 3 aromatic rings. The molecule has 0 bridgehead atoms. The molecule has 7 heteroatoms. The number of Topliss-reactive ketones (excluding diaryl/α,β-unsaturated/α-hetero) is 1. The summed E-state index contributed by atoms with van der Waals surface area (Å²) >= 11 is 1.54. The van der Waals surface area contributed by atoms with Gasteiger partial charge in [0.1, 0.15) is 11.6 Å². The number of aromatic amines is 1. The maximum atomic E-state index is 12.9. The standard InChI is InChI=1S/C23H25N3O3S/c1-15(27)16-9-10-21(29-2)17(12-16)13-30-14-22(28)26-11-5-8-20(26)23-24-18-6-3-4-7-19(18)25-23/h3-4,6-7,9-10,12,20H,5,8,11,13-14H2,1-2H3,(H,24,25)/t20-/m0/s1.